The standard InChI is InChI=1S/C19H23N3O7/c1-3-26-16(27-4-2)9-20-17(23)13-8-21-19(25)22(18(13)24)10-12-5-6-14-15(7-12)29-11-28-14/h5-8,16H,3-4,9-11H2,1-2H3,(H,20,23)(H,21,25). The highest BCUT2D eigenvalue weighted by molar-refractivity contribution is 5.93. The predicted molar refractivity (Wildman–Crippen MR) is 102 cm³/mol. The Labute approximate surface area is 166 Å². The van der Waals surface area contributed by atoms with Crippen molar-refractivity contribution in [3.8, 4) is 11.5 Å². The van der Waals surface area contributed by atoms with Crippen LogP contribution in [0.15, 0.2) is 34.0 Å². The minimum absolute atomic E-state index is 0.0214. The zero-order valence-corrected chi connectivity index (χ0v) is 16.2. The first kappa shape index (κ1) is 20.6. The quantitative estimate of drug-likeness (QED) is 0.581. The van der Waals surface area contributed by atoms with Crippen LogP contribution in [0.3, 0.4) is 0 Å². The predicted octanol–water partition coefficient (Wildman–Crippen LogP) is 0.442. The van der Waals surface area contributed by atoms with Gasteiger partial charge in [0.15, 0.2) is 17.8 Å². The van der Waals surface area contributed by atoms with Crippen molar-refractivity contribution in [3.63, 3.8) is 0 Å². The van der Waals surface area contributed by atoms with Crippen LogP contribution in [-0.4, -0.2) is 48.3 Å². The van der Waals surface area contributed by atoms with Crippen LogP contribution >= 0.6 is 0 Å². The number of carbonyl (C=O) groups is 1. The maximum Gasteiger partial charge on any atom is 0.328 e. The van der Waals surface area contributed by atoms with E-state index in [1.807, 2.05) is 13.8 Å². The molecule has 0 saturated carbocycles. The molecule has 2 N–H and O–H groups in total. The molecule has 156 valence electrons. The molecule has 1 aromatic heterocycles. The molecular weight excluding hydrogens is 382 g/mol. The molecule has 0 atom stereocenters. The molecule has 0 saturated heterocycles. The Kier molecular flexibility index (Phi) is 6.68. The van der Waals surface area contributed by atoms with Crippen LogP contribution in [0.1, 0.15) is 29.8 Å². The van der Waals surface area contributed by atoms with Crippen molar-refractivity contribution in [2.75, 3.05) is 26.6 Å². The second kappa shape index (κ2) is 9.39. The number of nitrogens with zero attached hydrogens (tertiary/aromatic N) is 1. The van der Waals surface area contributed by atoms with Gasteiger partial charge in [-0.25, -0.2) is 4.79 Å². The average Bonchev–Trinajstić information content (AvgIpc) is 3.17. The molecule has 0 fully saturated rings. The molecule has 0 radical (unpaired) electrons. The third-order valence-electron chi connectivity index (χ3n) is 4.22. The number of aromatic nitrogens is 2. The normalized spacial score (nSPS) is 12.4. The largest absolute Gasteiger partial charge is 0.454 e. The van der Waals surface area contributed by atoms with Crippen molar-refractivity contribution < 1.29 is 23.7 Å². The number of aromatic amines is 1. The van der Waals surface area contributed by atoms with Gasteiger partial charge in [-0.05, 0) is 31.5 Å². The van der Waals surface area contributed by atoms with E-state index >= 15 is 0 Å². The van der Waals surface area contributed by atoms with Crippen LogP contribution in [0.4, 0.5) is 0 Å². The Morgan fingerprint density at radius 1 is 1.21 bits per heavy atom. The molecule has 1 aliphatic rings. The summed E-state index contributed by atoms with van der Waals surface area (Å²) in [7, 11) is 0. The van der Waals surface area contributed by atoms with E-state index < -0.39 is 23.4 Å². The SMILES string of the molecule is CCOC(CNC(=O)c1c[nH]c(=O)n(Cc2ccc3c(c2)OCO3)c1=O)OCC. The zero-order chi connectivity index (χ0) is 20.8. The third-order valence-corrected chi connectivity index (χ3v) is 4.22. The van der Waals surface area contributed by atoms with Crippen molar-refractivity contribution in [1.29, 1.82) is 0 Å². The number of rotatable bonds is 9. The van der Waals surface area contributed by atoms with E-state index in [1.54, 1.807) is 18.2 Å². The lowest BCUT2D eigenvalue weighted by Gasteiger charge is -2.17. The van der Waals surface area contributed by atoms with Gasteiger partial charge in [0.05, 0.1) is 13.1 Å². The number of amides is 1. The lowest BCUT2D eigenvalue weighted by molar-refractivity contribution is -0.131. The Bertz CT molecular complexity index is 976. The van der Waals surface area contributed by atoms with Gasteiger partial charge in [-0.15, -0.1) is 0 Å². The van der Waals surface area contributed by atoms with Crippen LogP contribution < -0.4 is 26.0 Å². The molecule has 1 aliphatic heterocycles. The van der Waals surface area contributed by atoms with E-state index in [9.17, 15) is 14.4 Å². The number of H-pyrrole nitrogens is 1. The van der Waals surface area contributed by atoms with E-state index in [0.29, 0.717) is 30.3 Å². The van der Waals surface area contributed by atoms with Gasteiger partial charge in [0.1, 0.15) is 5.56 Å². The van der Waals surface area contributed by atoms with Gasteiger partial charge < -0.3 is 29.2 Å². The molecule has 0 bridgehead atoms. The number of carbonyl (C=O) groups excluding carboxylic acids is 1. The van der Waals surface area contributed by atoms with Gasteiger partial charge in [-0.3, -0.25) is 14.2 Å². The van der Waals surface area contributed by atoms with Crippen molar-refractivity contribution in [1.82, 2.24) is 14.9 Å². The van der Waals surface area contributed by atoms with E-state index in [4.69, 9.17) is 18.9 Å². The van der Waals surface area contributed by atoms with Crippen molar-refractivity contribution >= 4 is 5.91 Å². The van der Waals surface area contributed by atoms with Crippen LogP contribution in [0.5, 0.6) is 11.5 Å². The Morgan fingerprint density at radius 2 is 1.93 bits per heavy atom. The third kappa shape index (κ3) is 4.84. The molecule has 0 aliphatic carbocycles. The Hall–Kier alpha value is -3.11. The van der Waals surface area contributed by atoms with Gasteiger partial charge in [-0.2, -0.15) is 0 Å². The summed E-state index contributed by atoms with van der Waals surface area (Å²) in [5.41, 5.74) is -0.844. The first-order valence-corrected chi connectivity index (χ1v) is 9.26. The number of hydrogen-bond donors (Lipinski definition) is 2. The average molecular weight is 405 g/mol. The minimum Gasteiger partial charge on any atom is -0.454 e. The highest BCUT2D eigenvalue weighted by Gasteiger charge is 2.18. The van der Waals surface area contributed by atoms with E-state index in [1.165, 1.54) is 0 Å². The summed E-state index contributed by atoms with van der Waals surface area (Å²) in [5.74, 6) is 0.509. The molecule has 10 nitrogen and oxygen atoms in total. The summed E-state index contributed by atoms with van der Waals surface area (Å²) >= 11 is 0. The molecule has 10 heteroatoms. The summed E-state index contributed by atoms with van der Waals surface area (Å²) in [6, 6.07) is 5.12. The van der Waals surface area contributed by atoms with Gasteiger partial charge in [0.25, 0.3) is 11.5 Å². The molecule has 29 heavy (non-hydrogen) atoms. The second-order valence-corrected chi connectivity index (χ2v) is 6.14. The van der Waals surface area contributed by atoms with Crippen molar-refractivity contribution in [2.24, 2.45) is 0 Å². The number of hydrogen-bond acceptors (Lipinski definition) is 7. The van der Waals surface area contributed by atoms with E-state index in [2.05, 4.69) is 10.3 Å². The lowest BCUT2D eigenvalue weighted by Crippen LogP contribution is -2.42. The second-order valence-electron chi connectivity index (χ2n) is 6.14. The smallest absolute Gasteiger partial charge is 0.328 e. The van der Waals surface area contributed by atoms with Crippen LogP contribution in [0.2, 0.25) is 0 Å². The maximum absolute atomic E-state index is 12.7. The fraction of sp³-hybridized carbons (Fsp3) is 0.421. The monoisotopic (exact) mass is 405 g/mol. The van der Waals surface area contributed by atoms with E-state index in [0.717, 1.165) is 10.8 Å². The number of nitrogens with one attached hydrogen (secondary N) is 2. The molecular formula is C19H23N3O7. The molecule has 3 rings (SSSR count). The molecule has 2 aromatic rings. The minimum atomic E-state index is -0.701. The first-order valence-electron chi connectivity index (χ1n) is 9.26. The fourth-order valence-electron chi connectivity index (χ4n) is 2.85. The maximum atomic E-state index is 12.7. The van der Waals surface area contributed by atoms with Crippen LogP contribution in [0.25, 0.3) is 0 Å². The summed E-state index contributed by atoms with van der Waals surface area (Å²) in [5, 5.41) is 2.59. The summed E-state index contributed by atoms with van der Waals surface area (Å²) in [6.45, 7) is 4.63. The van der Waals surface area contributed by atoms with Crippen molar-refractivity contribution in [3.05, 3.63) is 56.4 Å². The van der Waals surface area contributed by atoms with Gasteiger partial charge in [-0.1, -0.05) is 6.07 Å². The molecule has 1 amide bonds. The highest BCUT2D eigenvalue weighted by Crippen LogP contribution is 2.32. The Balaban J connectivity index is 1.77. The first-order chi connectivity index (χ1) is 14.0. The Morgan fingerprint density at radius 3 is 2.66 bits per heavy atom. The van der Waals surface area contributed by atoms with Gasteiger partial charge in [0, 0.05) is 19.4 Å². The number of ether oxygens (including phenoxy) is 4. The zero-order valence-electron chi connectivity index (χ0n) is 16.2. The number of benzene rings is 1. The summed E-state index contributed by atoms with van der Waals surface area (Å²) < 4.78 is 22.2. The number of fused-ring (bicyclic) bond motifs is 1. The highest BCUT2D eigenvalue weighted by atomic mass is 16.7. The fourth-order valence-corrected chi connectivity index (χ4v) is 2.85. The van der Waals surface area contributed by atoms with E-state index in [-0.39, 0.29) is 25.4 Å². The van der Waals surface area contributed by atoms with Gasteiger partial charge in [0.2, 0.25) is 6.79 Å². The summed E-state index contributed by atoms with van der Waals surface area (Å²) in [4.78, 5) is 39.8. The van der Waals surface area contributed by atoms with Crippen LogP contribution in [0, 0.1) is 0 Å². The topological polar surface area (TPSA) is 121 Å². The summed E-state index contributed by atoms with van der Waals surface area (Å²) in [6.07, 6.45) is 0.486. The molecule has 1 aromatic carbocycles. The van der Waals surface area contributed by atoms with Crippen LogP contribution in [-0.2, 0) is 16.0 Å². The van der Waals surface area contributed by atoms with Crippen molar-refractivity contribution in [2.45, 2.75) is 26.7 Å². The molecule has 0 spiro atoms. The molecule has 2 heterocycles. The van der Waals surface area contributed by atoms with Gasteiger partial charge >= 0.3 is 5.69 Å². The molecule has 0 unspecified atom stereocenters. The lowest BCUT2D eigenvalue weighted by atomic mass is 10.2.